The van der Waals surface area contributed by atoms with E-state index >= 15 is 0 Å². The zero-order valence-corrected chi connectivity index (χ0v) is 25.9. The lowest BCUT2D eigenvalue weighted by Crippen LogP contribution is -2.28. The van der Waals surface area contributed by atoms with Gasteiger partial charge in [0.1, 0.15) is 24.4 Å². The predicted molar refractivity (Wildman–Crippen MR) is 163 cm³/mol. The lowest BCUT2D eigenvalue weighted by atomic mass is 10.2. The van der Waals surface area contributed by atoms with Crippen LogP contribution in [0.3, 0.4) is 0 Å². The average molecular weight is 597 g/mol. The molecule has 0 fully saturated rings. The molecule has 1 unspecified atom stereocenters. The Morgan fingerprint density at radius 2 is 1.76 bits per heavy atom. The van der Waals surface area contributed by atoms with Gasteiger partial charge in [0.15, 0.2) is 5.44 Å². The quantitative estimate of drug-likeness (QED) is 0.0743. The first-order chi connectivity index (χ1) is 19.9. The first-order valence-electron chi connectivity index (χ1n) is 13.9. The summed E-state index contributed by atoms with van der Waals surface area (Å²) < 4.78 is 27.5. The number of amides is 2. The van der Waals surface area contributed by atoms with Crippen molar-refractivity contribution >= 4 is 29.3 Å². The van der Waals surface area contributed by atoms with Gasteiger partial charge in [-0.1, -0.05) is 45.9 Å². The number of nitriles is 1. The van der Waals surface area contributed by atoms with Crippen molar-refractivity contribution in [2.75, 3.05) is 78.3 Å². The molecule has 232 valence electrons. The lowest BCUT2D eigenvalue weighted by Gasteiger charge is -2.16. The Hall–Kier alpha value is -2.66. The van der Waals surface area contributed by atoms with Crippen molar-refractivity contribution in [1.82, 2.24) is 10.6 Å². The van der Waals surface area contributed by atoms with Crippen LogP contribution in [0.15, 0.2) is 36.4 Å². The fraction of sp³-hybridized carbons (Fsp3) is 0.621. The van der Waals surface area contributed by atoms with E-state index in [-0.39, 0.29) is 44.7 Å². The van der Waals surface area contributed by atoms with Crippen molar-refractivity contribution in [3.05, 3.63) is 36.4 Å². The summed E-state index contributed by atoms with van der Waals surface area (Å²) in [6.45, 7) is 11.6. The Morgan fingerprint density at radius 1 is 1.02 bits per heavy atom. The molecule has 0 spiro atoms. The van der Waals surface area contributed by atoms with Crippen molar-refractivity contribution in [3.8, 4) is 11.2 Å². The number of allylic oxidation sites excluding steroid dienone is 1. The van der Waals surface area contributed by atoms with E-state index in [1.807, 2.05) is 38.4 Å². The third kappa shape index (κ3) is 23.7. The number of thioether (sulfide) groups is 1. The molecule has 0 aliphatic heterocycles. The largest absolute Gasteiger partial charge is 0.490 e. The van der Waals surface area contributed by atoms with E-state index in [0.717, 1.165) is 18.3 Å². The van der Waals surface area contributed by atoms with Gasteiger partial charge in [-0.25, -0.2) is 0 Å². The molecule has 1 aromatic carbocycles. The van der Waals surface area contributed by atoms with Gasteiger partial charge in [-0.05, 0) is 36.9 Å². The molecule has 1 atom stereocenters. The normalized spacial score (nSPS) is 11.4. The second kappa shape index (κ2) is 27.5. The van der Waals surface area contributed by atoms with Crippen LogP contribution in [0.1, 0.15) is 34.1 Å². The van der Waals surface area contributed by atoms with E-state index in [0.29, 0.717) is 50.3 Å². The number of hydrogen-bond acceptors (Lipinski definition) is 10. The summed E-state index contributed by atoms with van der Waals surface area (Å²) in [6.07, 6.45) is 4.13. The standard InChI is InChI=1S/C27H42N4O7S.C2H6/c1-22(2)6-5-10-30-26(33)19-36-16-17-37-27(39-21-28)20-38-24-8-4-7-23(18-24)31-25(32)9-12-34-14-15-35-13-11-29-3;1-2/h4-8,18,22,27,29H,9-17,19-20H2,1-3H3,(H,30,33)(H,31,32);1-2H3/b6-5+;. The molecule has 0 bridgehead atoms. The van der Waals surface area contributed by atoms with E-state index in [1.54, 1.807) is 24.3 Å². The fourth-order valence-corrected chi connectivity index (χ4v) is 3.27. The molecular weight excluding hydrogens is 548 g/mol. The summed E-state index contributed by atoms with van der Waals surface area (Å²) in [5, 5.41) is 19.6. The van der Waals surface area contributed by atoms with Crippen molar-refractivity contribution in [1.29, 1.82) is 5.26 Å². The molecule has 0 aliphatic rings. The van der Waals surface area contributed by atoms with E-state index in [1.165, 1.54) is 0 Å². The van der Waals surface area contributed by atoms with E-state index in [9.17, 15) is 9.59 Å². The number of benzene rings is 1. The molecular formula is C29H48N4O7S. The highest BCUT2D eigenvalue weighted by atomic mass is 32.2. The molecule has 0 saturated heterocycles. The maximum absolute atomic E-state index is 12.2. The number of ether oxygens (including phenoxy) is 5. The van der Waals surface area contributed by atoms with Crippen molar-refractivity contribution in [3.63, 3.8) is 0 Å². The number of carbonyl (C=O) groups is 2. The Kier molecular flexibility index (Phi) is 25.7. The summed E-state index contributed by atoms with van der Waals surface area (Å²) in [4.78, 5) is 23.9. The number of likely N-dealkylation sites (N-methyl/N-ethyl adjacent to an activating group) is 1. The van der Waals surface area contributed by atoms with Gasteiger partial charge >= 0.3 is 0 Å². The molecule has 41 heavy (non-hydrogen) atoms. The minimum atomic E-state index is -0.550. The second-order valence-corrected chi connectivity index (χ2v) is 9.45. The predicted octanol–water partition coefficient (Wildman–Crippen LogP) is 3.57. The summed E-state index contributed by atoms with van der Waals surface area (Å²) in [7, 11) is 1.86. The first kappa shape index (κ1) is 38.3. The Morgan fingerprint density at radius 3 is 2.46 bits per heavy atom. The van der Waals surface area contributed by atoms with Crippen LogP contribution < -0.4 is 20.7 Å². The fourth-order valence-electron chi connectivity index (χ4n) is 2.85. The van der Waals surface area contributed by atoms with Crippen LogP contribution >= 0.6 is 11.8 Å². The lowest BCUT2D eigenvalue weighted by molar-refractivity contribution is -0.126. The van der Waals surface area contributed by atoms with Gasteiger partial charge in [0.2, 0.25) is 11.8 Å². The third-order valence-corrected chi connectivity index (χ3v) is 5.37. The van der Waals surface area contributed by atoms with Gasteiger partial charge in [0.05, 0.1) is 46.1 Å². The summed E-state index contributed by atoms with van der Waals surface area (Å²) in [6, 6.07) is 6.96. The van der Waals surface area contributed by atoms with E-state index in [4.69, 9.17) is 28.9 Å². The molecule has 12 heteroatoms. The SMILES string of the molecule is CC.CNCCOCCOCCC(=O)Nc1cccc(OCC(OCCOCC(=O)NC/C=C/C(C)C)SC#N)c1. The number of nitrogens with zero attached hydrogens (tertiary/aromatic N) is 1. The zero-order valence-electron chi connectivity index (χ0n) is 25.1. The molecule has 3 N–H and O–H groups in total. The summed E-state index contributed by atoms with van der Waals surface area (Å²) in [5.74, 6) is 0.572. The number of rotatable bonds is 23. The monoisotopic (exact) mass is 596 g/mol. The third-order valence-electron chi connectivity index (χ3n) is 4.73. The highest BCUT2D eigenvalue weighted by molar-refractivity contribution is 8.04. The summed E-state index contributed by atoms with van der Waals surface area (Å²) in [5.41, 5.74) is 0.0379. The number of anilines is 1. The van der Waals surface area contributed by atoms with E-state index < -0.39 is 5.44 Å². The number of carbonyl (C=O) groups excluding carboxylic acids is 2. The van der Waals surface area contributed by atoms with Gasteiger partial charge in [0, 0.05) is 24.8 Å². The smallest absolute Gasteiger partial charge is 0.246 e. The number of nitrogens with one attached hydrogen (secondary N) is 3. The van der Waals surface area contributed by atoms with Gasteiger partial charge in [-0.15, -0.1) is 0 Å². The van der Waals surface area contributed by atoms with Crippen LogP contribution in [0.4, 0.5) is 5.69 Å². The van der Waals surface area contributed by atoms with Crippen LogP contribution in [-0.2, 0) is 28.5 Å². The minimum absolute atomic E-state index is 0.0680. The molecule has 1 rings (SSSR count). The van der Waals surface area contributed by atoms with Crippen LogP contribution in [0, 0.1) is 16.6 Å². The molecule has 11 nitrogen and oxygen atoms in total. The average Bonchev–Trinajstić information content (AvgIpc) is 2.96. The Balaban J connectivity index is 0.00000781. The van der Waals surface area contributed by atoms with Gasteiger partial charge in [-0.3, -0.25) is 9.59 Å². The number of hydrogen-bond donors (Lipinski definition) is 3. The molecule has 0 radical (unpaired) electrons. The van der Waals surface area contributed by atoms with Crippen LogP contribution in [0.25, 0.3) is 0 Å². The Bertz CT molecular complexity index is 881. The zero-order chi connectivity index (χ0) is 30.6. The van der Waals surface area contributed by atoms with Crippen LogP contribution in [0.5, 0.6) is 5.75 Å². The number of thiocyanates is 1. The second-order valence-electron chi connectivity index (χ2n) is 8.50. The molecule has 0 aliphatic carbocycles. The van der Waals surface area contributed by atoms with Crippen LogP contribution in [0.2, 0.25) is 0 Å². The van der Waals surface area contributed by atoms with Crippen molar-refractivity contribution in [2.24, 2.45) is 5.92 Å². The van der Waals surface area contributed by atoms with Gasteiger partial charge in [0.25, 0.3) is 0 Å². The highest BCUT2D eigenvalue weighted by Gasteiger charge is 2.12. The molecule has 0 saturated carbocycles. The first-order valence-corrected chi connectivity index (χ1v) is 14.8. The molecule has 2 amide bonds. The highest BCUT2D eigenvalue weighted by Crippen LogP contribution is 2.20. The van der Waals surface area contributed by atoms with Crippen LogP contribution in [-0.4, -0.2) is 90.2 Å². The molecule has 0 heterocycles. The molecule has 0 aromatic heterocycles. The minimum Gasteiger partial charge on any atom is -0.490 e. The van der Waals surface area contributed by atoms with Gasteiger partial charge in [-0.2, -0.15) is 5.26 Å². The van der Waals surface area contributed by atoms with Gasteiger partial charge < -0.3 is 39.6 Å². The maximum atomic E-state index is 12.2. The van der Waals surface area contributed by atoms with Crippen molar-refractivity contribution < 1.29 is 33.3 Å². The van der Waals surface area contributed by atoms with Crippen molar-refractivity contribution in [2.45, 2.75) is 39.6 Å². The molecule has 1 aromatic rings. The summed E-state index contributed by atoms with van der Waals surface area (Å²) >= 11 is 0.929. The van der Waals surface area contributed by atoms with E-state index in [2.05, 4.69) is 29.8 Å². The maximum Gasteiger partial charge on any atom is 0.246 e. The topological polar surface area (TPSA) is 140 Å². The Labute approximate surface area is 249 Å².